The molecule has 1 aromatic carbocycles. The lowest BCUT2D eigenvalue weighted by Crippen LogP contribution is -2.08. The molecule has 2 heterocycles. The second-order valence-corrected chi connectivity index (χ2v) is 4.53. The first-order valence-corrected chi connectivity index (χ1v) is 5.64. The average Bonchev–Trinajstić information content (AvgIpc) is 2.86. The van der Waals surface area contributed by atoms with E-state index in [1.54, 1.807) is 0 Å². The molecule has 4 rings (SSSR count). The normalized spacial score (nSPS) is 23.9. The molecular weight excluding hydrogens is 220 g/mol. The van der Waals surface area contributed by atoms with Crippen molar-refractivity contribution >= 4 is 12.0 Å². The number of rotatable bonds is 0. The molecule has 3 aliphatic rings. The average molecular weight is 230 g/mol. The van der Waals surface area contributed by atoms with E-state index in [2.05, 4.69) is 0 Å². The highest BCUT2D eigenvalue weighted by Gasteiger charge is 2.34. The summed E-state index contributed by atoms with van der Waals surface area (Å²) in [7, 11) is 0. The quantitative estimate of drug-likeness (QED) is 0.638. The fraction of sp³-hybridized carbons (Fsp3) is 0.308. The Hall–Kier alpha value is -1.97. The minimum absolute atomic E-state index is 0.130. The van der Waals surface area contributed by atoms with Crippen LogP contribution in [0.3, 0.4) is 0 Å². The fourth-order valence-corrected chi connectivity index (χ4v) is 2.61. The predicted molar refractivity (Wildman–Crippen MR) is 58.4 cm³/mol. The number of hydrogen-bond acceptors (Lipinski definition) is 4. The number of benzene rings is 1. The third-order valence-electron chi connectivity index (χ3n) is 3.45. The van der Waals surface area contributed by atoms with Gasteiger partial charge in [0.15, 0.2) is 11.5 Å². The number of hydrogen-bond donors (Lipinski definition) is 0. The van der Waals surface area contributed by atoms with Crippen molar-refractivity contribution < 1.29 is 19.0 Å². The SMILES string of the molecule is O=C1CC2Cc3cc4c(cc3C=C2O1)OCO4. The smallest absolute Gasteiger partial charge is 0.311 e. The van der Waals surface area contributed by atoms with Crippen LogP contribution in [0, 0.1) is 5.92 Å². The minimum atomic E-state index is -0.130. The monoisotopic (exact) mass is 230 g/mol. The van der Waals surface area contributed by atoms with Gasteiger partial charge >= 0.3 is 5.97 Å². The fourth-order valence-electron chi connectivity index (χ4n) is 2.61. The topological polar surface area (TPSA) is 44.8 Å². The zero-order valence-corrected chi connectivity index (χ0v) is 9.06. The number of carbonyl (C=O) groups is 1. The van der Waals surface area contributed by atoms with Crippen molar-refractivity contribution in [3.63, 3.8) is 0 Å². The molecule has 86 valence electrons. The van der Waals surface area contributed by atoms with Crippen molar-refractivity contribution in [1.29, 1.82) is 0 Å². The summed E-state index contributed by atoms with van der Waals surface area (Å²) in [6, 6.07) is 3.96. The van der Waals surface area contributed by atoms with Crippen LogP contribution in [0.15, 0.2) is 17.9 Å². The summed E-state index contributed by atoms with van der Waals surface area (Å²) in [5.74, 6) is 2.43. The largest absolute Gasteiger partial charge is 0.454 e. The Balaban J connectivity index is 1.82. The highest BCUT2D eigenvalue weighted by atomic mass is 16.7. The second kappa shape index (κ2) is 3.03. The van der Waals surface area contributed by atoms with Gasteiger partial charge in [-0.2, -0.15) is 0 Å². The maximum atomic E-state index is 11.2. The Morgan fingerprint density at radius 3 is 2.82 bits per heavy atom. The van der Waals surface area contributed by atoms with E-state index < -0.39 is 0 Å². The van der Waals surface area contributed by atoms with E-state index in [1.165, 1.54) is 5.56 Å². The highest BCUT2D eigenvalue weighted by molar-refractivity contribution is 5.78. The lowest BCUT2D eigenvalue weighted by Gasteiger charge is -2.18. The molecule has 0 N–H and O–H groups in total. The van der Waals surface area contributed by atoms with E-state index in [4.69, 9.17) is 14.2 Å². The number of fused-ring (bicyclic) bond motifs is 3. The maximum Gasteiger partial charge on any atom is 0.311 e. The Morgan fingerprint density at radius 2 is 1.94 bits per heavy atom. The summed E-state index contributed by atoms with van der Waals surface area (Å²) in [6.07, 6.45) is 3.26. The molecule has 0 aromatic heterocycles. The van der Waals surface area contributed by atoms with Gasteiger partial charge < -0.3 is 14.2 Å². The molecular formula is C13H10O4. The Labute approximate surface area is 97.8 Å². The number of esters is 1. The molecule has 4 nitrogen and oxygen atoms in total. The summed E-state index contributed by atoms with van der Waals surface area (Å²) < 4.78 is 15.9. The van der Waals surface area contributed by atoms with E-state index in [1.807, 2.05) is 18.2 Å². The molecule has 0 saturated carbocycles. The molecule has 1 fully saturated rings. The summed E-state index contributed by atoms with van der Waals surface area (Å²) >= 11 is 0. The van der Waals surface area contributed by atoms with Gasteiger partial charge in [-0.1, -0.05) is 0 Å². The first-order chi connectivity index (χ1) is 8.29. The van der Waals surface area contributed by atoms with Crippen LogP contribution in [0.4, 0.5) is 0 Å². The van der Waals surface area contributed by atoms with Crippen molar-refractivity contribution in [2.75, 3.05) is 6.79 Å². The van der Waals surface area contributed by atoms with Gasteiger partial charge in [-0.05, 0) is 35.8 Å². The molecule has 0 radical (unpaired) electrons. The number of allylic oxidation sites excluding steroid dienone is 1. The van der Waals surface area contributed by atoms with Crippen molar-refractivity contribution in [3.8, 4) is 11.5 Å². The number of carbonyl (C=O) groups excluding carboxylic acids is 1. The van der Waals surface area contributed by atoms with Crippen LogP contribution in [0.1, 0.15) is 17.5 Å². The molecule has 0 amide bonds. The predicted octanol–water partition coefficient (Wildman–Crippen LogP) is 1.88. The van der Waals surface area contributed by atoms with Crippen LogP contribution in [0.5, 0.6) is 11.5 Å². The third kappa shape index (κ3) is 1.27. The first kappa shape index (κ1) is 9.10. The van der Waals surface area contributed by atoms with Crippen LogP contribution < -0.4 is 9.47 Å². The molecule has 1 aliphatic carbocycles. The lowest BCUT2D eigenvalue weighted by atomic mass is 9.87. The Kier molecular flexibility index (Phi) is 1.62. The molecule has 4 heteroatoms. The van der Waals surface area contributed by atoms with Crippen LogP contribution in [-0.4, -0.2) is 12.8 Å². The van der Waals surface area contributed by atoms with Gasteiger partial charge in [0.1, 0.15) is 5.76 Å². The maximum absolute atomic E-state index is 11.2. The highest BCUT2D eigenvalue weighted by Crippen LogP contribution is 2.42. The van der Waals surface area contributed by atoms with E-state index in [9.17, 15) is 4.79 Å². The van der Waals surface area contributed by atoms with Gasteiger partial charge in [0.25, 0.3) is 0 Å². The summed E-state index contributed by atoms with van der Waals surface area (Å²) in [5.41, 5.74) is 2.26. The Morgan fingerprint density at radius 1 is 1.12 bits per heavy atom. The van der Waals surface area contributed by atoms with Gasteiger partial charge in [-0.3, -0.25) is 4.79 Å². The van der Waals surface area contributed by atoms with Crippen molar-refractivity contribution in [3.05, 3.63) is 29.0 Å². The standard InChI is InChI=1S/C13H10O4/c14-13-5-9-1-7-3-11-12(16-6-15-11)4-8(7)2-10(9)17-13/h2-4,9H,1,5-6H2. The minimum Gasteiger partial charge on any atom is -0.454 e. The third-order valence-corrected chi connectivity index (χ3v) is 3.45. The molecule has 0 bridgehead atoms. The lowest BCUT2D eigenvalue weighted by molar-refractivity contribution is -0.135. The molecule has 1 atom stereocenters. The van der Waals surface area contributed by atoms with E-state index in [0.717, 1.165) is 29.2 Å². The molecule has 1 saturated heterocycles. The first-order valence-electron chi connectivity index (χ1n) is 5.64. The van der Waals surface area contributed by atoms with Crippen LogP contribution in [-0.2, 0) is 16.0 Å². The van der Waals surface area contributed by atoms with Gasteiger partial charge in [-0.25, -0.2) is 0 Å². The molecule has 1 unspecified atom stereocenters. The van der Waals surface area contributed by atoms with Gasteiger partial charge in [0.2, 0.25) is 6.79 Å². The van der Waals surface area contributed by atoms with E-state index in [0.29, 0.717) is 6.42 Å². The van der Waals surface area contributed by atoms with Crippen LogP contribution in [0.2, 0.25) is 0 Å². The van der Waals surface area contributed by atoms with Gasteiger partial charge in [-0.15, -0.1) is 0 Å². The van der Waals surface area contributed by atoms with Crippen molar-refractivity contribution in [2.24, 2.45) is 5.92 Å². The Bertz CT molecular complexity index is 559. The van der Waals surface area contributed by atoms with Crippen molar-refractivity contribution in [1.82, 2.24) is 0 Å². The second-order valence-electron chi connectivity index (χ2n) is 4.53. The number of ether oxygens (including phenoxy) is 3. The summed E-state index contributed by atoms with van der Waals surface area (Å²) in [5, 5.41) is 0. The van der Waals surface area contributed by atoms with Crippen LogP contribution in [0.25, 0.3) is 6.08 Å². The zero-order chi connectivity index (χ0) is 11.4. The zero-order valence-electron chi connectivity index (χ0n) is 9.06. The molecule has 17 heavy (non-hydrogen) atoms. The van der Waals surface area contributed by atoms with Crippen molar-refractivity contribution in [2.45, 2.75) is 12.8 Å². The molecule has 0 spiro atoms. The summed E-state index contributed by atoms with van der Waals surface area (Å²) in [6.45, 7) is 0.285. The summed E-state index contributed by atoms with van der Waals surface area (Å²) in [4.78, 5) is 11.2. The van der Waals surface area contributed by atoms with E-state index in [-0.39, 0.29) is 18.7 Å². The molecule has 1 aromatic rings. The molecule has 2 aliphatic heterocycles. The van der Waals surface area contributed by atoms with Gasteiger partial charge in [0.05, 0.1) is 6.42 Å². The van der Waals surface area contributed by atoms with Gasteiger partial charge in [0, 0.05) is 5.92 Å². The van der Waals surface area contributed by atoms with Crippen LogP contribution >= 0.6 is 0 Å². The van der Waals surface area contributed by atoms with E-state index >= 15 is 0 Å².